The van der Waals surface area contributed by atoms with Crippen molar-refractivity contribution in [1.29, 1.82) is 0 Å². The summed E-state index contributed by atoms with van der Waals surface area (Å²) in [6, 6.07) is 12.7. The number of H-pyrrole nitrogens is 1. The van der Waals surface area contributed by atoms with Crippen LogP contribution < -0.4 is 19.8 Å². The van der Waals surface area contributed by atoms with Gasteiger partial charge in [0.15, 0.2) is 30.9 Å². The number of rotatable bonds is 4. The van der Waals surface area contributed by atoms with E-state index in [1.54, 1.807) is 0 Å². The van der Waals surface area contributed by atoms with Crippen LogP contribution >= 0.6 is 0 Å². The number of pyridine rings is 1. The number of fused-ring (bicyclic) bond motifs is 1. The molecule has 0 aliphatic heterocycles. The maximum Gasteiger partial charge on any atom is 0.307 e. The monoisotopic (exact) mass is 347 g/mol. The highest BCUT2D eigenvalue weighted by atomic mass is 15.1. The van der Waals surface area contributed by atoms with Gasteiger partial charge >= 0.3 is 5.65 Å². The van der Waals surface area contributed by atoms with E-state index in [9.17, 15) is 0 Å². The Balaban J connectivity index is 1.56. The number of benzene rings is 1. The number of nitrogens with two attached hydrogens (primary N) is 1. The van der Waals surface area contributed by atoms with E-state index < -0.39 is 0 Å². The van der Waals surface area contributed by atoms with Crippen LogP contribution in [-0.2, 0) is 6.54 Å². The van der Waals surface area contributed by atoms with Crippen molar-refractivity contribution in [3.05, 3.63) is 67.0 Å². The second-order valence-electron chi connectivity index (χ2n) is 6.38. The lowest BCUT2D eigenvalue weighted by atomic mass is 10.2. The van der Waals surface area contributed by atoms with E-state index in [4.69, 9.17) is 5.73 Å². The molecule has 4 aromatic rings. The number of aromatic amines is 1. The van der Waals surface area contributed by atoms with Crippen molar-refractivity contribution in [1.82, 2.24) is 15.0 Å². The molecule has 0 atom stereocenters. The first-order chi connectivity index (χ1) is 12.6. The summed E-state index contributed by atoms with van der Waals surface area (Å²) in [6.07, 6.45) is 7.49. The number of aromatic nitrogens is 5. The van der Waals surface area contributed by atoms with Gasteiger partial charge in [0.2, 0.25) is 11.2 Å². The molecule has 4 rings (SSSR count). The molecule has 0 unspecified atom stereocenters. The third kappa shape index (κ3) is 2.95. The standard InChI is InChI=1S/C19H20N7/c1-24(2)15-7-9-25(10-8-15)16-5-3-14(4-6-16)11-26-13-23-17-18(20)21-12-22-19(17)26/h3-10,12-13H,11H2,1-2H3,(H2,20,21,22)/q+1/p+1. The number of nitrogens with one attached hydrogen (secondary N) is 1. The molecule has 7 heteroatoms. The van der Waals surface area contributed by atoms with Crippen LogP contribution in [0.5, 0.6) is 0 Å². The van der Waals surface area contributed by atoms with Gasteiger partial charge in [0, 0.05) is 44.0 Å². The largest absolute Gasteiger partial charge is 0.380 e. The highest BCUT2D eigenvalue weighted by Gasteiger charge is 2.15. The maximum atomic E-state index is 5.87. The van der Waals surface area contributed by atoms with Crippen molar-refractivity contribution in [2.75, 3.05) is 24.7 Å². The molecule has 0 saturated carbocycles. The Morgan fingerprint density at radius 1 is 1.04 bits per heavy atom. The summed E-state index contributed by atoms with van der Waals surface area (Å²) in [5, 5.41) is 0. The molecule has 0 aliphatic carbocycles. The lowest BCUT2D eigenvalue weighted by molar-refractivity contribution is -0.664. The maximum absolute atomic E-state index is 5.87. The zero-order valence-corrected chi connectivity index (χ0v) is 14.8. The summed E-state index contributed by atoms with van der Waals surface area (Å²) in [6.45, 7) is 0.709. The number of hydrogen-bond acceptors (Lipinski definition) is 4. The summed E-state index contributed by atoms with van der Waals surface area (Å²) < 4.78 is 4.13. The summed E-state index contributed by atoms with van der Waals surface area (Å²) >= 11 is 0. The number of anilines is 2. The van der Waals surface area contributed by atoms with Crippen molar-refractivity contribution < 1.29 is 9.13 Å². The minimum Gasteiger partial charge on any atom is -0.380 e. The molecule has 0 spiro atoms. The molecule has 0 saturated heterocycles. The third-order valence-electron chi connectivity index (χ3n) is 4.41. The van der Waals surface area contributed by atoms with Gasteiger partial charge in [-0.05, 0) is 17.7 Å². The Morgan fingerprint density at radius 3 is 2.46 bits per heavy atom. The Morgan fingerprint density at radius 2 is 1.77 bits per heavy atom. The molecule has 3 N–H and O–H groups in total. The van der Waals surface area contributed by atoms with E-state index in [-0.39, 0.29) is 0 Å². The average Bonchev–Trinajstić information content (AvgIpc) is 3.07. The first-order valence-corrected chi connectivity index (χ1v) is 8.37. The molecule has 26 heavy (non-hydrogen) atoms. The van der Waals surface area contributed by atoms with Crippen molar-refractivity contribution in [2.45, 2.75) is 6.54 Å². The Labute approximate surface area is 151 Å². The third-order valence-corrected chi connectivity index (χ3v) is 4.41. The predicted molar refractivity (Wildman–Crippen MR) is 99.9 cm³/mol. The first kappa shape index (κ1) is 16.0. The molecule has 0 amide bonds. The van der Waals surface area contributed by atoms with Crippen LogP contribution in [0.2, 0.25) is 0 Å². The molecule has 0 bridgehead atoms. The first-order valence-electron chi connectivity index (χ1n) is 8.37. The summed E-state index contributed by atoms with van der Waals surface area (Å²) in [7, 11) is 4.07. The second kappa shape index (κ2) is 6.44. The smallest absolute Gasteiger partial charge is 0.307 e. The van der Waals surface area contributed by atoms with E-state index in [0.717, 1.165) is 16.9 Å². The van der Waals surface area contributed by atoms with Gasteiger partial charge < -0.3 is 10.6 Å². The molecule has 0 aliphatic rings. The van der Waals surface area contributed by atoms with Crippen LogP contribution in [-0.4, -0.2) is 29.0 Å². The molecule has 7 nitrogen and oxygen atoms in total. The minimum atomic E-state index is 0.460. The van der Waals surface area contributed by atoms with Crippen LogP contribution in [0.4, 0.5) is 11.5 Å². The Hall–Kier alpha value is -3.48. The predicted octanol–water partition coefficient (Wildman–Crippen LogP) is 1.22. The second-order valence-corrected chi connectivity index (χ2v) is 6.38. The highest BCUT2D eigenvalue weighted by molar-refractivity contribution is 5.77. The zero-order valence-electron chi connectivity index (χ0n) is 14.8. The van der Waals surface area contributed by atoms with Gasteiger partial charge in [0.1, 0.15) is 0 Å². The summed E-state index contributed by atoms with van der Waals surface area (Å²) in [4.78, 5) is 13.5. The molecule has 130 valence electrons. The average molecular weight is 347 g/mol. The molecular formula is C19H21N7+2. The van der Waals surface area contributed by atoms with Gasteiger partial charge in [-0.2, -0.15) is 9.55 Å². The minimum absolute atomic E-state index is 0.460. The van der Waals surface area contributed by atoms with Crippen LogP contribution in [0, 0.1) is 0 Å². The zero-order chi connectivity index (χ0) is 18.1. The SMILES string of the molecule is CN(C)c1cc[n+](-c2ccc(C[n+]3c[nH]c4c(N)ncnc43)cc2)cc1. The fraction of sp³-hybridized carbons (Fsp3) is 0.158. The van der Waals surface area contributed by atoms with Gasteiger partial charge in [0.05, 0.1) is 6.54 Å². The van der Waals surface area contributed by atoms with Gasteiger partial charge in [-0.15, -0.1) is 0 Å². The number of nitrogen functional groups attached to an aromatic ring is 1. The summed E-state index contributed by atoms with van der Waals surface area (Å²) in [5.41, 5.74) is 10.9. The van der Waals surface area contributed by atoms with Crippen molar-refractivity contribution in [3.63, 3.8) is 0 Å². The van der Waals surface area contributed by atoms with Crippen LogP contribution in [0.15, 0.2) is 61.4 Å². The molecule has 0 fully saturated rings. The molecular weight excluding hydrogens is 326 g/mol. The molecule has 1 aromatic carbocycles. The fourth-order valence-corrected chi connectivity index (χ4v) is 2.93. The topological polar surface area (TPSA) is 78.6 Å². The molecule has 0 radical (unpaired) electrons. The van der Waals surface area contributed by atoms with E-state index in [1.807, 2.05) is 25.0 Å². The molecule has 3 aromatic heterocycles. The highest BCUT2D eigenvalue weighted by Crippen LogP contribution is 2.11. The van der Waals surface area contributed by atoms with Crippen molar-refractivity contribution >= 4 is 22.7 Å². The van der Waals surface area contributed by atoms with Crippen LogP contribution in [0.1, 0.15) is 5.56 Å². The lowest BCUT2D eigenvalue weighted by Crippen LogP contribution is -2.33. The van der Waals surface area contributed by atoms with E-state index in [2.05, 4.69) is 73.2 Å². The number of hydrogen-bond donors (Lipinski definition) is 2. The number of imidazole rings is 1. The van der Waals surface area contributed by atoms with E-state index >= 15 is 0 Å². The molecule has 3 heterocycles. The van der Waals surface area contributed by atoms with Gasteiger partial charge in [-0.1, -0.05) is 4.98 Å². The van der Waals surface area contributed by atoms with Crippen molar-refractivity contribution in [3.8, 4) is 5.69 Å². The van der Waals surface area contributed by atoms with Gasteiger partial charge in [0.25, 0.3) is 0 Å². The lowest BCUT2D eigenvalue weighted by Gasteiger charge is -2.10. The fourth-order valence-electron chi connectivity index (χ4n) is 2.93. The van der Waals surface area contributed by atoms with E-state index in [1.165, 1.54) is 17.6 Å². The quantitative estimate of drug-likeness (QED) is 0.544. The van der Waals surface area contributed by atoms with Gasteiger partial charge in [-0.25, -0.2) is 4.57 Å². The summed E-state index contributed by atoms with van der Waals surface area (Å²) in [5.74, 6) is 0.460. The normalized spacial score (nSPS) is 11.0. The van der Waals surface area contributed by atoms with Crippen molar-refractivity contribution in [2.24, 2.45) is 0 Å². The van der Waals surface area contributed by atoms with E-state index in [0.29, 0.717) is 12.4 Å². The van der Waals surface area contributed by atoms with Crippen LogP contribution in [0.3, 0.4) is 0 Å². The number of nitrogens with zero attached hydrogens (tertiary/aromatic N) is 5. The Kier molecular flexibility index (Phi) is 3.96. The van der Waals surface area contributed by atoms with Crippen LogP contribution in [0.25, 0.3) is 16.9 Å². The Bertz CT molecular complexity index is 1030. The van der Waals surface area contributed by atoms with Gasteiger partial charge in [-0.3, -0.25) is 4.98 Å².